The quantitative estimate of drug-likeness (QED) is 0.775. The van der Waals surface area contributed by atoms with Crippen LogP contribution in [0.2, 0.25) is 5.02 Å². The van der Waals surface area contributed by atoms with E-state index in [-0.39, 0.29) is 22.9 Å². The Morgan fingerprint density at radius 1 is 1.41 bits per heavy atom. The van der Waals surface area contributed by atoms with Gasteiger partial charge in [0, 0.05) is 40.2 Å². The van der Waals surface area contributed by atoms with Gasteiger partial charge in [-0.2, -0.15) is 0 Å². The van der Waals surface area contributed by atoms with Crippen LogP contribution >= 0.6 is 23.4 Å². The van der Waals surface area contributed by atoms with Gasteiger partial charge in [0.1, 0.15) is 12.1 Å². The van der Waals surface area contributed by atoms with Crippen LogP contribution in [-0.2, 0) is 27.2 Å². The van der Waals surface area contributed by atoms with Crippen molar-refractivity contribution < 1.29 is 14.3 Å². The number of aryl methyl sites for hydroxylation is 1. The molecule has 0 saturated carbocycles. The van der Waals surface area contributed by atoms with E-state index in [1.54, 1.807) is 16.7 Å². The number of carbonyl (C=O) groups excluding carboxylic acids is 2. The summed E-state index contributed by atoms with van der Waals surface area (Å²) in [7, 11) is 0. The summed E-state index contributed by atoms with van der Waals surface area (Å²) in [6.07, 6.45) is 3.51. The first kappa shape index (κ1) is 17.4. The summed E-state index contributed by atoms with van der Waals surface area (Å²) in [5, 5.41) is 1.81. The number of benzene rings is 1. The second kappa shape index (κ2) is 6.17. The number of hydrogen-bond acceptors (Lipinski definition) is 4. The van der Waals surface area contributed by atoms with Crippen molar-refractivity contribution in [1.82, 2.24) is 9.88 Å². The van der Waals surface area contributed by atoms with Gasteiger partial charge in [-0.1, -0.05) is 11.6 Å². The zero-order valence-corrected chi connectivity index (χ0v) is 16.7. The molecule has 1 amide bonds. The lowest BCUT2D eigenvalue weighted by molar-refractivity contribution is -0.158. The molecule has 0 bridgehead atoms. The van der Waals surface area contributed by atoms with Crippen LogP contribution in [0.4, 0.5) is 0 Å². The fourth-order valence-corrected chi connectivity index (χ4v) is 6.28. The zero-order valence-electron chi connectivity index (χ0n) is 15.1. The summed E-state index contributed by atoms with van der Waals surface area (Å²) in [4.78, 5) is 30.1. The molecule has 2 saturated heterocycles. The Balaban J connectivity index is 1.34. The molecule has 2 aromatic rings. The van der Waals surface area contributed by atoms with Crippen molar-refractivity contribution in [2.45, 2.75) is 56.0 Å². The summed E-state index contributed by atoms with van der Waals surface area (Å²) in [5.74, 6) is 0.441. The number of fused-ring (bicyclic) bond motifs is 4. The Morgan fingerprint density at radius 3 is 3.11 bits per heavy atom. The number of halogens is 1. The molecule has 3 aliphatic rings. The highest BCUT2D eigenvalue weighted by molar-refractivity contribution is 8.01. The largest absolute Gasteiger partial charge is 0.460 e. The van der Waals surface area contributed by atoms with E-state index < -0.39 is 6.04 Å². The molecule has 1 aromatic heterocycles. The van der Waals surface area contributed by atoms with Crippen LogP contribution in [0.25, 0.3) is 10.9 Å². The molecule has 1 aromatic carbocycles. The van der Waals surface area contributed by atoms with Gasteiger partial charge in [0.05, 0.1) is 4.87 Å². The van der Waals surface area contributed by atoms with Gasteiger partial charge in [-0.05, 0) is 49.9 Å². The lowest BCUT2D eigenvalue weighted by Crippen LogP contribution is -2.47. The predicted molar refractivity (Wildman–Crippen MR) is 106 cm³/mol. The van der Waals surface area contributed by atoms with Crippen LogP contribution in [0.1, 0.15) is 37.4 Å². The van der Waals surface area contributed by atoms with Gasteiger partial charge in [-0.25, -0.2) is 4.79 Å². The maximum absolute atomic E-state index is 12.9. The molecule has 5 nitrogen and oxygen atoms in total. The van der Waals surface area contributed by atoms with Crippen molar-refractivity contribution in [3.8, 4) is 0 Å². The molecule has 2 aliphatic heterocycles. The molecule has 0 spiro atoms. The fraction of sp³-hybridized carbons (Fsp3) is 0.500. The lowest BCUT2D eigenvalue weighted by Gasteiger charge is -2.31. The molecule has 3 heterocycles. The Labute approximate surface area is 166 Å². The van der Waals surface area contributed by atoms with Gasteiger partial charge >= 0.3 is 5.97 Å². The lowest BCUT2D eigenvalue weighted by atomic mass is 9.93. The van der Waals surface area contributed by atoms with Crippen molar-refractivity contribution >= 4 is 46.1 Å². The molecular formula is C20H21ClN2O3S. The molecule has 5 rings (SSSR count). The Bertz CT molecular complexity index is 958. The minimum atomic E-state index is -0.450. The fourth-order valence-electron chi connectivity index (χ4n) is 4.70. The molecule has 27 heavy (non-hydrogen) atoms. The second-order valence-electron chi connectivity index (χ2n) is 7.84. The number of esters is 1. The number of carbonyl (C=O) groups is 2. The molecule has 1 N–H and O–H groups in total. The number of ether oxygens (including phenoxy) is 1. The van der Waals surface area contributed by atoms with Crippen LogP contribution in [0.3, 0.4) is 0 Å². The van der Waals surface area contributed by atoms with Gasteiger partial charge in [-0.15, -0.1) is 11.8 Å². The molecular weight excluding hydrogens is 384 g/mol. The van der Waals surface area contributed by atoms with E-state index >= 15 is 0 Å². The molecule has 142 valence electrons. The van der Waals surface area contributed by atoms with E-state index in [0.717, 1.165) is 30.2 Å². The first-order chi connectivity index (χ1) is 12.9. The minimum absolute atomic E-state index is 0.0710. The van der Waals surface area contributed by atoms with Crippen LogP contribution in [0, 0.1) is 0 Å². The van der Waals surface area contributed by atoms with Crippen molar-refractivity contribution in [1.29, 1.82) is 0 Å². The van der Waals surface area contributed by atoms with Crippen molar-refractivity contribution in [3.05, 3.63) is 34.5 Å². The van der Waals surface area contributed by atoms with E-state index in [1.807, 2.05) is 18.2 Å². The predicted octanol–water partition coefficient (Wildman–Crippen LogP) is 3.68. The van der Waals surface area contributed by atoms with E-state index in [2.05, 4.69) is 11.9 Å². The smallest absolute Gasteiger partial charge is 0.330 e. The van der Waals surface area contributed by atoms with Crippen LogP contribution in [0.5, 0.6) is 0 Å². The third-order valence-corrected chi connectivity index (χ3v) is 7.84. The minimum Gasteiger partial charge on any atom is -0.460 e. The Kier molecular flexibility index (Phi) is 3.99. The highest BCUT2D eigenvalue weighted by atomic mass is 35.5. The zero-order chi connectivity index (χ0) is 18.8. The van der Waals surface area contributed by atoms with E-state index in [4.69, 9.17) is 16.3 Å². The van der Waals surface area contributed by atoms with Gasteiger partial charge in [0.25, 0.3) is 0 Å². The van der Waals surface area contributed by atoms with E-state index in [0.29, 0.717) is 23.6 Å². The first-order valence-corrected chi connectivity index (χ1v) is 10.8. The number of aromatic nitrogens is 1. The van der Waals surface area contributed by atoms with Gasteiger partial charge in [-0.3, -0.25) is 4.79 Å². The number of amides is 1. The Morgan fingerprint density at radius 2 is 2.26 bits per heavy atom. The summed E-state index contributed by atoms with van der Waals surface area (Å²) in [5.41, 5.74) is 3.47. The third kappa shape index (κ3) is 2.76. The van der Waals surface area contributed by atoms with Gasteiger partial charge in [0.15, 0.2) is 0 Å². The van der Waals surface area contributed by atoms with Crippen LogP contribution in [-0.4, -0.2) is 44.5 Å². The van der Waals surface area contributed by atoms with Crippen molar-refractivity contribution in [3.63, 3.8) is 0 Å². The number of nitrogens with zero attached hydrogens (tertiary/aromatic N) is 1. The summed E-state index contributed by atoms with van der Waals surface area (Å²) < 4.78 is 5.89. The molecule has 3 atom stereocenters. The first-order valence-electron chi connectivity index (χ1n) is 9.40. The van der Waals surface area contributed by atoms with Crippen LogP contribution in [0.15, 0.2) is 18.2 Å². The number of rotatable bonds is 2. The Hall–Kier alpha value is -1.66. The van der Waals surface area contributed by atoms with Crippen molar-refractivity contribution in [2.75, 3.05) is 5.75 Å². The van der Waals surface area contributed by atoms with E-state index in [9.17, 15) is 9.59 Å². The normalized spacial score (nSPS) is 29.9. The summed E-state index contributed by atoms with van der Waals surface area (Å²) in [6, 6.07) is 5.39. The van der Waals surface area contributed by atoms with Crippen LogP contribution < -0.4 is 0 Å². The monoisotopic (exact) mass is 404 g/mol. The average Bonchev–Trinajstić information content (AvgIpc) is 3.26. The van der Waals surface area contributed by atoms with E-state index in [1.165, 1.54) is 11.3 Å². The topological polar surface area (TPSA) is 62.4 Å². The highest BCUT2D eigenvalue weighted by Gasteiger charge is 2.53. The number of aromatic amines is 1. The maximum atomic E-state index is 12.9. The number of hydrogen-bond donors (Lipinski definition) is 1. The third-order valence-electron chi connectivity index (χ3n) is 6.10. The maximum Gasteiger partial charge on any atom is 0.330 e. The summed E-state index contributed by atoms with van der Waals surface area (Å²) >= 11 is 7.86. The number of nitrogens with one attached hydrogen (secondary N) is 1. The van der Waals surface area contributed by atoms with Gasteiger partial charge in [0.2, 0.25) is 5.91 Å². The highest BCUT2D eigenvalue weighted by Crippen LogP contribution is 2.47. The standard InChI is InChI=1S/C20H21ClN2O3S/c1-20-7-6-18(24)23(20)17(10-27-20)19(25)26-12-3-5-16-14(9-12)13-8-11(21)2-4-15(13)22-16/h2,4,8,12,17,22H,3,5-7,9-10H2,1H3. The van der Waals surface area contributed by atoms with Crippen molar-refractivity contribution in [2.24, 2.45) is 0 Å². The van der Waals surface area contributed by atoms with Gasteiger partial charge < -0.3 is 14.6 Å². The molecule has 1 aliphatic carbocycles. The molecule has 0 radical (unpaired) electrons. The molecule has 7 heteroatoms. The summed E-state index contributed by atoms with van der Waals surface area (Å²) in [6.45, 7) is 2.05. The molecule has 2 fully saturated rings. The SMILES string of the molecule is CC12CCC(=O)N1C(C(=O)OC1CCc3[nH]c4ccc(Cl)cc4c3C1)CS2. The second-order valence-corrected chi connectivity index (χ2v) is 9.78. The number of H-pyrrole nitrogens is 1. The number of thioether (sulfide) groups is 1. The molecule has 3 unspecified atom stereocenters. The average molecular weight is 405 g/mol.